The molecule has 0 saturated carbocycles. The Labute approximate surface area is 191 Å². The number of carbonyl (C=O) groups excluding carboxylic acids is 1. The Morgan fingerprint density at radius 2 is 1.97 bits per heavy atom. The standard InChI is InChI=1S/C26H22ClNO4/c1-16-25-19(14-28(15-31-25)13-18-7-3-4-9-22(18)30-2)12-21-24(29)23(32-26(16)21)11-17-6-5-8-20(27)10-17/h3-12H,13-15H2,1-2H3/b23-11-. The lowest BCUT2D eigenvalue weighted by molar-refractivity contribution is 0.0869. The van der Waals surface area contributed by atoms with Crippen molar-refractivity contribution in [2.75, 3.05) is 13.8 Å². The second kappa shape index (κ2) is 8.34. The van der Waals surface area contributed by atoms with E-state index in [0.717, 1.165) is 33.8 Å². The summed E-state index contributed by atoms with van der Waals surface area (Å²) in [6, 6.07) is 17.2. The zero-order chi connectivity index (χ0) is 22.2. The van der Waals surface area contributed by atoms with E-state index in [1.807, 2.05) is 49.4 Å². The topological polar surface area (TPSA) is 48.0 Å². The van der Waals surface area contributed by atoms with Crippen LogP contribution in [0.4, 0.5) is 0 Å². The Hall–Kier alpha value is -3.28. The molecule has 2 aliphatic heterocycles. The van der Waals surface area contributed by atoms with Crippen LogP contribution in [0, 0.1) is 6.92 Å². The number of rotatable bonds is 4. The van der Waals surface area contributed by atoms with Crippen LogP contribution in [-0.2, 0) is 13.1 Å². The first-order valence-corrected chi connectivity index (χ1v) is 10.7. The quantitative estimate of drug-likeness (QED) is 0.485. The van der Waals surface area contributed by atoms with Crippen LogP contribution in [0.2, 0.25) is 5.02 Å². The first-order valence-electron chi connectivity index (χ1n) is 10.4. The Balaban J connectivity index is 1.42. The highest BCUT2D eigenvalue weighted by Crippen LogP contribution is 2.43. The van der Waals surface area contributed by atoms with Gasteiger partial charge in [0.05, 0.1) is 12.7 Å². The predicted molar refractivity (Wildman–Crippen MR) is 123 cm³/mol. The summed E-state index contributed by atoms with van der Waals surface area (Å²) in [6.07, 6.45) is 1.72. The lowest BCUT2D eigenvalue weighted by atomic mass is 9.99. The number of hydrogen-bond donors (Lipinski definition) is 0. The zero-order valence-electron chi connectivity index (χ0n) is 17.9. The van der Waals surface area contributed by atoms with E-state index >= 15 is 0 Å². The minimum atomic E-state index is -0.132. The first-order chi connectivity index (χ1) is 15.5. The third-order valence-electron chi connectivity index (χ3n) is 5.73. The maximum atomic E-state index is 13.1. The number of hydrogen-bond acceptors (Lipinski definition) is 5. The summed E-state index contributed by atoms with van der Waals surface area (Å²) in [7, 11) is 1.67. The highest BCUT2D eigenvalue weighted by Gasteiger charge is 2.33. The zero-order valence-corrected chi connectivity index (χ0v) is 18.6. The lowest BCUT2D eigenvalue weighted by Gasteiger charge is -2.30. The highest BCUT2D eigenvalue weighted by molar-refractivity contribution is 6.30. The Morgan fingerprint density at radius 3 is 2.78 bits per heavy atom. The van der Waals surface area contributed by atoms with Gasteiger partial charge in [-0.15, -0.1) is 0 Å². The van der Waals surface area contributed by atoms with Gasteiger partial charge in [0.25, 0.3) is 0 Å². The van der Waals surface area contributed by atoms with E-state index in [9.17, 15) is 4.79 Å². The molecule has 0 spiro atoms. The van der Waals surface area contributed by atoms with Gasteiger partial charge in [0.1, 0.15) is 24.0 Å². The third-order valence-corrected chi connectivity index (χ3v) is 5.97. The molecule has 0 amide bonds. The maximum Gasteiger partial charge on any atom is 0.231 e. The summed E-state index contributed by atoms with van der Waals surface area (Å²) in [6.45, 7) is 3.74. The number of Topliss-reactive ketones (excluding diaryl/α,β-unsaturated/α-hetero) is 1. The van der Waals surface area contributed by atoms with Gasteiger partial charge < -0.3 is 14.2 Å². The number of allylic oxidation sites excluding steroid dienone is 1. The van der Waals surface area contributed by atoms with Crippen LogP contribution >= 0.6 is 11.6 Å². The van der Waals surface area contributed by atoms with Gasteiger partial charge >= 0.3 is 0 Å². The molecule has 0 aromatic heterocycles. The molecule has 0 bridgehead atoms. The van der Waals surface area contributed by atoms with E-state index in [1.54, 1.807) is 25.3 Å². The van der Waals surface area contributed by atoms with Crippen LogP contribution in [0.25, 0.3) is 6.08 Å². The summed E-state index contributed by atoms with van der Waals surface area (Å²) in [4.78, 5) is 15.3. The number of ether oxygens (including phenoxy) is 3. The number of halogens is 1. The monoisotopic (exact) mass is 447 g/mol. The fraction of sp³-hybridized carbons (Fsp3) is 0.192. The largest absolute Gasteiger partial charge is 0.496 e. The molecular weight excluding hydrogens is 426 g/mol. The summed E-state index contributed by atoms with van der Waals surface area (Å²) in [5, 5.41) is 0.609. The molecule has 2 aliphatic rings. The van der Waals surface area contributed by atoms with Gasteiger partial charge in [-0.05, 0) is 42.8 Å². The van der Waals surface area contributed by atoms with Crippen molar-refractivity contribution in [3.8, 4) is 17.2 Å². The van der Waals surface area contributed by atoms with Crippen molar-refractivity contribution in [1.29, 1.82) is 0 Å². The fourth-order valence-corrected chi connectivity index (χ4v) is 4.42. The van der Waals surface area contributed by atoms with Crippen molar-refractivity contribution in [2.24, 2.45) is 0 Å². The fourth-order valence-electron chi connectivity index (χ4n) is 4.22. The van der Waals surface area contributed by atoms with Crippen molar-refractivity contribution in [1.82, 2.24) is 4.90 Å². The molecule has 0 saturated heterocycles. The smallest absolute Gasteiger partial charge is 0.231 e. The van der Waals surface area contributed by atoms with Crippen LogP contribution in [0.1, 0.15) is 32.6 Å². The van der Waals surface area contributed by atoms with Gasteiger partial charge in [-0.2, -0.15) is 0 Å². The molecule has 3 aromatic carbocycles. The molecule has 0 atom stereocenters. The number of benzene rings is 3. The molecule has 32 heavy (non-hydrogen) atoms. The molecule has 3 aromatic rings. The molecule has 0 N–H and O–H groups in total. The maximum absolute atomic E-state index is 13.1. The number of fused-ring (bicyclic) bond motifs is 2. The molecule has 0 unspecified atom stereocenters. The van der Waals surface area contributed by atoms with E-state index in [2.05, 4.69) is 4.90 Å². The number of carbonyl (C=O) groups is 1. The third kappa shape index (κ3) is 3.74. The average Bonchev–Trinajstić information content (AvgIpc) is 3.10. The summed E-state index contributed by atoms with van der Waals surface area (Å²) in [5.41, 5.74) is 4.29. The van der Waals surface area contributed by atoms with Crippen molar-refractivity contribution in [2.45, 2.75) is 20.0 Å². The highest BCUT2D eigenvalue weighted by atomic mass is 35.5. The second-order valence-corrected chi connectivity index (χ2v) is 8.37. The molecule has 162 valence electrons. The molecule has 6 heteroatoms. The van der Waals surface area contributed by atoms with Gasteiger partial charge in [0, 0.05) is 34.8 Å². The summed E-state index contributed by atoms with van der Waals surface area (Å²) >= 11 is 6.07. The average molecular weight is 448 g/mol. The molecule has 5 rings (SSSR count). The molecule has 0 aliphatic carbocycles. The van der Waals surface area contributed by atoms with Gasteiger partial charge in [-0.25, -0.2) is 0 Å². The molecule has 5 nitrogen and oxygen atoms in total. The van der Waals surface area contributed by atoms with Gasteiger partial charge in [0.15, 0.2) is 5.76 Å². The Morgan fingerprint density at radius 1 is 1.12 bits per heavy atom. The van der Waals surface area contributed by atoms with Crippen molar-refractivity contribution >= 4 is 23.5 Å². The van der Waals surface area contributed by atoms with Crippen LogP contribution in [0.5, 0.6) is 17.2 Å². The minimum absolute atomic E-state index is 0.132. The lowest BCUT2D eigenvalue weighted by Crippen LogP contribution is -2.32. The normalized spacial score (nSPS) is 16.3. The van der Waals surface area contributed by atoms with Crippen molar-refractivity contribution in [3.05, 3.63) is 93.2 Å². The van der Waals surface area contributed by atoms with E-state index < -0.39 is 0 Å². The van der Waals surface area contributed by atoms with E-state index in [-0.39, 0.29) is 5.78 Å². The summed E-state index contributed by atoms with van der Waals surface area (Å²) in [5.74, 6) is 2.37. The molecular formula is C26H22ClNO4. The SMILES string of the molecule is COc1ccccc1CN1COc2c(cc3c(c2C)O/C(=C\c2cccc(Cl)c2)C3=O)C1. The van der Waals surface area contributed by atoms with E-state index in [1.165, 1.54) is 0 Å². The van der Waals surface area contributed by atoms with Crippen LogP contribution in [-0.4, -0.2) is 24.5 Å². The molecule has 2 heterocycles. The predicted octanol–water partition coefficient (Wildman–Crippen LogP) is 5.63. The van der Waals surface area contributed by atoms with E-state index in [4.69, 9.17) is 25.8 Å². The Kier molecular flexibility index (Phi) is 5.37. The number of para-hydroxylation sites is 1. The van der Waals surface area contributed by atoms with Crippen molar-refractivity contribution in [3.63, 3.8) is 0 Å². The molecule has 0 fully saturated rings. The van der Waals surface area contributed by atoms with Gasteiger partial charge in [-0.3, -0.25) is 9.69 Å². The minimum Gasteiger partial charge on any atom is -0.496 e. The number of nitrogens with zero attached hydrogens (tertiary/aromatic N) is 1. The first kappa shape index (κ1) is 20.6. The van der Waals surface area contributed by atoms with Crippen LogP contribution in [0.3, 0.4) is 0 Å². The summed E-state index contributed by atoms with van der Waals surface area (Å²) < 4.78 is 17.5. The van der Waals surface area contributed by atoms with Crippen LogP contribution < -0.4 is 14.2 Å². The number of ketones is 1. The van der Waals surface area contributed by atoms with E-state index in [0.29, 0.717) is 41.9 Å². The van der Waals surface area contributed by atoms with Gasteiger partial charge in [-0.1, -0.05) is 41.9 Å². The van der Waals surface area contributed by atoms with Gasteiger partial charge in [0.2, 0.25) is 5.78 Å². The number of methoxy groups -OCH3 is 1. The molecule has 0 radical (unpaired) electrons. The Bertz CT molecular complexity index is 1250. The van der Waals surface area contributed by atoms with Crippen LogP contribution in [0.15, 0.2) is 60.4 Å². The second-order valence-electron chi connectivity index (χ2n) is 7.93. The van der Waals surface area contributed by atoms with Crippen molar-refractivity contribution < 1.29 is 19.0 Å².